The van der Waals surface area contributed by atoms with Gasteiger partial charge in [0.2, 0.25) is 5.95 Å². The summed E-state index contributed by atoms with van der Waals surface area (Å²) in [5.74, 6) is 0.666. The van der Waals surface area contributed by atoms with Crippen molar-refractivity contribution in [1.82, 2.24) is 30.4 Å². The number of anilines is 1. The molecule has 9 heteroatoms. The molecule has 1 fully saturated rings. The van der Waals surface area contributed by atoms with Gasteiger partial charge >= 0.3 is 6.03 Å². The summed E-state index contributed by atoms with van der Waals surface area (Å²) in [5, 5.41) is 9.22. The van der Waals surface area contributed by atoms with Crippen molar-refractivity contribution in [3.8, 4) is 0 Å². The Bertz CT molecular complexity index is 655. The number of urea groups is 1. The lowest BCUT2D eigenvalue weighted by atomic mass is 10.2. The Labute approximate surface area is 139 Å². The van der Waals surface area contributed by atoms with Gasteiger partial charge in [-0.05, 0) is 25.0 Å². The highest BCUT2D eigenvalue weighted by Gasteiger charge is 2.23. The highest BCUT2D eigenvalue weighted by molar-refractivity contribution is 5.74. The van der Waals surface area contributed by atoms with E-state index in [9.17, 15) is 4.79 Å². The topological polar surface area (TPSA) is 122 Å². The number of H-pyrrole nitrogens is 1. The number of amides is 2. The van der Waals surface area contributed by atoms with Crippen LogP contribution in [0.25, 0.3) is 0 Å². The van der Waals surface area contributed by atoms with E-state index in [0.717, 1.165) is 25.1 Å². The number of nitrogen functional groups attached to an aromatic ring is 1. The summed E-state index contributed by atoms with van der Waals surface area (Å²) in [7, 11) is 0. The van der Waals surface area contributed by atoms with Crippen LogP contribution in [0.1, 0.15) is 24.4 Å². The zero-order valence-corrected chi connectivity index (χ0v) is 13.3. The van der Waals surface area contributed by atoms with Crippen molar-refractivity contribution in [1.29, 1.82) is 0 Å². The van der Waals surface area contributed by atoms with Gasteiger partial charge in [-0.2, -0.15) is 4.98 Å². The summed E-state index contributed by atoms with van der Waals surface area (Å²) in [5.41, 5.74) is 6.28. The highest BCUT2D eigenvalue weighted by Crippen LogP contribution is 2.15. The molecular formula is C15H21N7O2. The molecule has 1 atom stereocenters. The number of nitrogens with one attached hydrogen (secondary N) is 2. The monoisotopic (exact) mass is 331 g/mol. The fourth-order valence-corrected chi connectivity index (χ4v) is 2.60. The average molecular weight is 331 g/mol. The number of hydrogen-bond donors (Lipinski definition) is 3. The van der Waals surface area contributed by atoms with Crippen molar-refractivity contribution in [2.24, 2.45) is 0 Å². The highest BCUT2D eigenvalue weighted by atomic mass is 16.5. The lowest BCUT2D eigenvalue weighted by Crippen LogP contribution is -2.43. The van der Waals surface area contributed by atoms with Gasteiger partial charge in [-0.1, -0.05) is 6.07 Å². The number of rotatable bonds is 6. The zero-order chi connectivity index (χ0) is 16.8. The second-order valence-electron chi connectivity index (χ2n) is 5.64. The third-order valence-corrected chi connectivity index (χ3v) is 3.77. The molecule has 128 valence electrons. The number of nitrogens with two attached hydrogens (primary N) is 1. The minimum absolute atomic E-state index is 0.0698. The molecule has 3 rings (SSSR count). The van der Waals surface area contributed by atoms with E-state index in [1.165, 1.54) is 0 Å². The van der Waals surface area contributed by atoms with Gasteiger partial charge in [-0.3, -0.25) is 10.1 Å². The molecule has 0 radical (unpaired) electrons. The maximum atomic E-state index is 12.6. The molecule has 0 spiro atoms. The van der Waals surface area contributed by atoms with E-state index in [1.807, 2.05) is 18.2 Å². The molecule has 0 bridgehead atoms. The zero-order valence-electron chi connectivity index (χ0n) is 13.3. The molecule has 1 unspecified atom stereocenters. The number of pyridine rings is 1. The van der Waals surface area contributed by atoms with Gasteiger partial charge in [0.1, 0.15) is 5.82 Å². The number of carbonyl (C=O) groups is 1. The molecule has 0 saturated carbocycles. The first kappa shape index (κ1) is 16.2. The van der Waals surface area contributed by atoms with E-state index in [1.54, 1.807) is 11.1 Å². The summed E-state index contributed by atoms with van der Waals surface area (Å²) < 4.78 is 5.65. The van der Waals surface area contributed by atoms with Crippen LogP contribution in [0.4, 0.5) is 10.7 Å². The molecule has 4 N–H and O–H groups in total. The number of ether oxygens (including phenoxy) is 1. The molecule has 1 saturated heterocycles. The first-order chi connectivity index (χ1) is 11.7. The SMILES string of the molecule is Nc1n[nH]c(CNC(=O)N(Cc2ccccn2)CC2CCCO2)n1. The van der Waals surface area contributed by atoms with E-state index in [0.29, 0.717) is 18.9 Å². The van der Waals surface area contributed by atoms with Gasteiger partial charge in [0.25, 0.3) is 0 Å². The largest absolute Gasteiger partial charge is 0.376 e. The standard InChI is InChI=1S/C15H21N7O2/c16-14-19-13(20-21-14)8-18-15(23)22(10-12-5-3-7-24-12)9-11-4-1-2-6-17-11/h1-2,4,6,12H,3,5,7-10H2,(H,18,23)(H3,16,19,20,21). The average Bonchev–Trinajstić information content (AvgIpc) is 3.24. The maximum Gasteiger partial charge on any atom is 0.318 e. The van der Waals surface area contributed by atoms with Crippen LogP contribution in [-0.2, 0) is 17.8 Å². The molecule has 9 nitrogen and oxygen atoms in total. The van der Waals surface area contributed by atoms with Crippen LogP contribution in [0, 0.1) is 0 Å². The molecule has 0 aliphatic carbocycles. The molecule has 0 aromatic carbocycles. The van der Waals surface area contributed by atoms with Crippen molar-refractivity contribution in [2.45, 2.75) is 32.0 Å². The third-order valence-electron chi connectivity index (χ3n) is 3.77. The van der Waals surface area contributed by atoms with Crippen molar-refractivity contribution < 1.29 is 9.53 Å². The number of aromatic amines is 1. The van der Waals surface area contributed by atoms with Gasteiger partial charge in [-0.15, -0.1) is 5.10 Å². The van der Waals surface area contributed by atoms with Crippen LogP contribution >= 0.6 is 0 Å². The maximum absolute atomic E-state index is 12.6. The predicted octanol–water partition coefficient (Wildman–Crippen LogP) is 0.673. The Morgan fingerprint density at radius 2 is 2.42 bits per heavy atom. The van der Waals surface area contributed by atoms with Gasteiger partial charge < -0.3 is 20.7 Å². The van der Waals surface area contributed by atoms with E-state index in [-0.39, 0.29) is 24.6 Å². The summed E-state index contributed by atoms with van der Waals surface area (Å²) in [6.45, 7) is 1.93. The molecule has 3 heterocycles. The van der Waals surface area contributed by atoms with E-state index in [4.69, 9.17) is 10.5 Å². The second-order valence-corrected chi connectivity index (χ2v) is 5.64. The molecule has 2 aromatic rings. The fourth-order valence-electron chi connectivity index (χ4n) is 2.60. The Morgan fingerprint density at radius 3 is 3.08 bits per heavy atom. The van der Waals surface area contributed by atoms with Crippen LogP contribution in [-0.4, -0.2) is 50.4 Å². The molecule has 24 heavy (non-hydrogen) atoms. The van der Waals surface area contributed by atoms with Gasteiger partial charge in [0, 0.05) is 19.3 Å². The van der Waals surface area contributed by atoms with Crippen LogP contribution in [0.5, 0.6) is 0 Å². The number of aromatic nitrogens is 4. The minimum Gasteiger partial charge on any atom is -0.376 e. The van der Waals surface area contributed by atoms with Crippen LogP contribution < -0.4 is 11.1 Å². The molecule has 2 aromatic heterocycles. The first-order valence-corrected chi connectivity index (χ1v) is 7.92. The summed E-state index contributed by atoms with van der Waals surface area (Å²) in [4.78, 5) is 22.5. The summed E-state index contributed by atoms with van der Waals surface area (Å²) in [6, 6.07) is 5.45. The minimum atomic E-state index is -0.203. The molecular weight excluding hydrogens is 310 g/mol. The van der Waals surface area contributed by atoms with Crippen molar-refractivity contribution in [3.63, 3.8) is 0 Å². The molecule has 1 aliphatic heterocycles. The Morgan fingerprint density at radius 1 is 1.50 bits per heavy atom. The first-order valence-electron chi connectivity index (χ1n) is 7.92. The molecule has 1 aliphatic rings. The van der Waals surface area contributed by atoms with Crippen LogP contribution in [0.3, 0.4) is 0 Å². The summed E-state index contributed by atoms with van der Waals surface area (Å²) >= 11 is 0. The quantitative estimate of drug-likeness (QED) is 0.715. The van der Waals surface area contributed by atoms with E-state index < -0.39 is 0 Å². The van der Waals surface area contributed by atoms with Crippen molar-refractivity contribution in [2.75, 3.05) is 18.9 Å². The smallest absolute Gasteiger partial charge is 0.318 e. The number of carbonyl (C=O) groups excluding carboxylic acids is 1. The Kier molecular flexibility index (Phi) is 5.22. The predicted molar refractivity (Wildman–Crippen MR) is 86.7 cm³/mol. The normalized spacial score (nSPS) is 16.9. The van der Waals surface area contributed by atoms with Gasteiger partial charge in [-0.25, -0.2) is 4.79 Å². The number of nitrogens with zero attached hydrogens (tertiary/aromatic N) is 4. The summed E-state index contributed by atoms with van der Waals surface area (Å²) in [6.07, 6.45) is 3.78. The van der Waals surface area contributed by atoms with Gasteiger partial charge in [0.15, 0.2) is 0 Å². The Balaban J connectivity index is 1.61. The third kappa shape index (κ3) is 4.42. The molecule has 2 amide bonds. The Hall–Kier alpha value is -2.68. The lowest BCUT2D eigenvalue weighted by Gasteiger charge is -2.25. The fraction of sp³-hybridized carbons (Fsp3) is 0.467. The van der Waals surface area contributed by atoms with E-state index >= 15 is 0 Å². The lowest BCUT2D eigenvalue weighted by molar-refractivity contribution is 0.0791. The van der Waals surface area contributed by atoms with Gasteiger partial charge in [0.05, 0.1) is 24.9 Å². The van der Waals surface area contributed by atoms with E-state index in [2.05, 4.69) is 25.5 Å². The van der Waals surface area contributed by atoms with Crippen molar-refractivity contribution >= 4 is 12.0 Å². The number of hydrogen-bond acceptors (Lipinski definition) is 6. The second kappa shape index (κ2) is 7.73. The van der Waals surface area contributed by atoms with Crippen molar-refractivity contribution in [3.05, 3.63) is 35.9 Å². The van der Waals surface area contributed by atoms with Crippen LogP contribution in [0.2, 0.25) is 0 Å². The van der Waals surface area contributed by atoms with Crippen LogP contribution in [0.15, 0.2) is 24.4 Å².